The van der Waals surface area contributed by atoms with Crippen molar-refractivity contribution in [1.29, 1.82) is 0 Å². The average Bonchev–Trinajstić information content (AvgIpc) is 2.87. The number of aryl methyl sites for hydroxylation is 1. The molecule has 0 aliphatic carbocycles. The van der Waals surface area contributed by atoms with E-state index >= 15 is 0 Å². The smallest absolute Gasteiger partial charge is 0.262 e. The van der Waals surface area contributed by atoms with E-state index in [9.17, 15) is 14.4 Å². The van der Waals surface area contributed by atoms with Gasteiger partial charge in [0.2, 0.25) is 0 Å². The summed E-state index contributed by atoms with van der Waals surface area (Å²) in [5.74, 6) is -0.598. The number of carbonyl (C=O) groups is 3. The molecule has 0 fully saturated rings. The third-order valence-corrected chi connectivity index (χ3v) is 5.25. The number of hydrogen-bond acceptors (Lipinski definition) is 5. The van der Waals surface area contributed by atoms with Gasteiger partial charge in [-0.1, -0.05) is 49.7 Å². The minimum Gasteiger partial charge on any atom is -0.484 e. The maximum Gasteiger partial charge on any atom is 0.262 e. The first-order valence-corrected chi connectivity index (χ1v) is 11.6. The molecule has 3 aromatic rings. The van der Waals surface area contributed by atoms with Crippen LogP contribution in [0.1, 0.15) is 35.3 Å². The SMILES string of the molecule is Cc1ccc(C(=O)NC(C(=O)N/N=C\c2ccc(OCC(=O)Nc3ccccc3)cc2)C(C)C)cc1. The zero-order valence-corrected chi connectivity index (χ0v) is 20.5. The van der Waals surface area contributed by atoms with Gasteiger partial charge in [-0.3, -0.25) is 14.4 Å². The molecule has 0 heterocycles. The molecule has 0 saturated heterocycles. The standard InChI is InChI=1S/C28H30N4O4/c1-19(2)26(31-27(34)22-13-9-20(3)10-14-22)28(35)32-29-17-21-11-15-24(16-12-21)36-18-25(33)30-23-7-5-4-6-8-23/h4-17,19,26H,18H2,1-3H3,(H,30,33)(H,31,34)(H,32,35)/b29-17-. The molecule has 8 nitrogen and oxygen atoms in total. The van der Waals surface area contributed by atoms with E-state index in [1.165, 1.54) is 6.21 Å². The Bertz CT molecular complexity index is 1190. The number of para-hydroxylation sites is 1. The van der Waals surface area contributed by atoms with E-state index in [-0.39, 0.29) is 24.3 Å². The second-order valence-corrected chi connectivity index (χ2v) is 8.57. The Kier molecular flexibility index (Phi) is 9.33. The lowest BCUT2D eigenvalue weighted by atomic mass is 10.0. The number of rotatable bonds is 10. The fraction of sp³-hybridized carbons (Fsp3) is 0.214. The average molecular weight is 487 g/mol. The van der Waals surface area contributed by atoms with Gasteiger partial charge in [-0.05, 0) is 66.9 Å². The van der Waals surface area contributed by atoms with Crippen molar-refractivity contribution >= 4 is 29.6 Å². The van der Waals surface area contributed by atoms with Crippen LogP contribution in [0.5, 0.6) is 5.75 Å². The zero-order chi connectivity index (χ0) is 25.9. The Morgan fingerprint density at radius 2 is 1.58 bits per heavy atom. The molecule has 1 unspecified atom stereocenters. The van der Waals surface area contributed by atoms with Gasteiger partial charge in [-0.25, -0.2) is 5.43 Å². The maximum absolute atomic E-state index is 12.6. The second kappa shape index (κ2) is 12.9. The van der Waals surface area contributed by atoms with Crippen molar-refractivity contribution in [2.75, 3.05) is 11.9 Å². The highest BCUT2D eigenvalue weighted by Crippen LogP contribution is 2.12. The van der Waals surface area contributed by atoms with Gasteiger partial charge < -0.3 is 15.4 Å². The third-order valence-electron chi connectivity index (χ3n) is 5.25. The Balaban J connectivity index is 1.48. The number of carbonyl (C=O) groups excluding carboxylic acids is 3. The minimum atomic E-state index is -0.742. The van der Waals surface area contributed by atoms with Crippen LogP contribution >= 0.6 is 0 Å². The summed E-state index contributed by atoms with van der Waals surface area (Å²) in [6.07, 6.45) is 1.49. The van der Waals surface area contributed by atoms with Gasteiger partial charge in [0, 0.05) is 11.3 Å². The highest BCUT2D eigenvalue weighted by Gasteiger charge is 2.24. The Hall–Kier alpha value is -4.46. The number of nitrogens with one attached hydrogen (secondary N) is 3. The molecule has 0 bridgehead atoms. The number of anilines is 1. The molecule has 186 valence electrons. The largest absolute Gasteiger partial charge is 0.484 e. The van der Waals surface area contributed by atoms with Crippen molar-refractivity contribution in [3.8, 4) is 5.75 Å². The van der Waals surface area contributed by atoms with Gasteiger partial charge in [-0.15, -0.1) is 0 Å². The van der Waals surface area contributed by atoms with Crippen LogP contribution in [-0.4, -0.2) is 36.6 Å². The summed E-state index contributed by atoms with van der Waals surface area (Å²) in [6, 6.07) is 22.4. The van der Waals surface area contributed by atoms with Crippen LogP contribution in [0.15, 0.2) is 84.0 Å². The quantitative estimate of drug-likeness (QED) is 0.298. The van der Waals surface area contributed by atoms with E-state index in [2.05, 4.69) is 21.2 Å². The molecule has 0 aliphatic rings. The first kappa shape index (κ1) is 26.2. The highest BCUT2D eigenvalue weighted by molar-refractivity contribution is 5.97. The summed E-state index contributed by atoms with van der Waals surface area (Å²) in [5.41, 5.74) is 5.45. The summed E-state index contributed by atoms with van der Waals surface area (Å²) in [5, 5.41) is 9.53. The van der Waals surface area contributed by atoms with Gasteiger partial charge in [0.25, 0.3) is 17.7 Å². The van der Waals surface area contributed by atoms with Crippen molar-refractivity contribution in [3.05, 3.63) is 95.6 Å². The lowest BCUT2D eigenvalue weighted by Crippen LogP contribution is -2.48. The molecule has 0 aromatic heterocycles. The van der Waals surface area contributed by atoms with Crippen LogP contribution in [0.3, 0.4) is 0 Å². The predicted molar refractivity (Wildman–Crippen MR) is 140 cm³/mol. The Morgan fingerprint density at radius 1 is 0.917 bits per heavy atom. The molecule has 0 radical (unpaired) electrons. The number of amides is 3. The van der Waals surface area contributed by atoms with E-state index < -0.39 is 11.9 Å². The lowest BCUT2D eigenvalue weighted by Gasteiger charge is -2.20. The molecule has 0 saturated carbocycles. The highest BCUT2D eigenvalue weighted by atomic mass is 16.5. The molecule has 3 amide bonds. The topological polar surface area (TPSA) is 109 Å². The van der Waals surface area contributed by atoms with Crippen molar-refractivity contribution in [3.63, 3.8) is 0 Å². The van der Waals surface area contributed by atoms with Crippen molar-refractivity contribution < 1.29 is 19.1 Å². The molecule has 3 N–H and O–H groups in total. The van der Waals surface area contributed by atoms with Gasteiger partial charge in [-0.2, -0.15) is 5.10 Å². The lowest BCUT2D eigenvalue weighted by molar-refractivity contribution is -0.124. The third kappa shape index (κ3) is 8.09. The summed E-state index contributed by atoms with van der Waals surface area (Å²) in [4.78, 5) is 37.2. The number of ether oxygens (including phenoxy) is 1. The van der Waals surface area contributed by atoms with Crippen LogP contribution < -0.4 is 20.8 Å². The molecule has 1 atom stereocenters. The summed E-state index contributed by atoms with van der Waals surface area (Å²) in [6.45, 7) is 5.52. The summed E-state index contributed by atoms with van der Waals surface area (Å²) < 4.78 is 5.51. The van der Waals surface area contributed by atoms with Crippen LogP contribution in [0.4, 0.5) is 5.69 Å². The minimum absolute atomic E-state index is 0.122. The number of benzene rings is 3. The summed E-state index contributed by atoms with van der Waals surface area (Å²) >= 11 is 0. The maximum atomic E-state index is 12.6. The first-order chi connectivity index (χ1) is 17.3. The summed E-state index contributed by atoms with van der Waals surface area (Å²) in [7, 11) is 0. The second-order valence-electron chi connectivity index (χ2n) is 8.57. The number of hydrazone groups is 1. The van der Waals surface area contributed by atoms with Crippen molar-refractivity contribution in [2.45, 2.75) is 26.8 Å². The fourth-order valence-corrected chi connectivity index (χ4v) is 3.22. The predicted octanol–water partition coefficient (Wildman–Crippen LogP) is 3.92. The van der Waals surface area contributed by atoms with Gasteiger partial charge >= 0.3 is 0 Å². The molecule has 0 aliphatic heterocycles. The molecular formula is C28H30N4O4. The zero-order valence-electron chi connectivity index (χ0n) is 20.5. The molecular weight excluding hydrogens is 456 g/mol. The first-order valence-electron chi connectivity index (χ1n) is 11.6. The van der Waals surface area contributed by atoms with E-state index in [4.69, 9.17) is 4.74 Å². The van der Waals surface area contributed by atoms with Crippen LogP contribution in [-0.2, 0) is 9.59 Å². The molecule has 3 rings (SSSR count). The molecule has 3 aromatic carbocycles. The van der Waals surface area contributed by atoms with Crippen LogP contribution in [0.25, 0.3) is 0 Å². The van der Waals surface area contributed by atoms with Gasteiger partial charge in [0.1, 0.15) is 11.8 Å². The van der Waals surface area contributed by atoms with E-state index in [0.717, 1.165) is 11.1 Å². The van der Waals surface area contributed by atoms with Crippen molar-refractivity contribution in [2.24, 2.45) is 11.0 Å². The Morgan fingerprint density at radius 3 is 2.22 bits per heavy atom. The van der Waals surface area contributed by atoms with E-state index in [1.54, 1.807) is 48.5 Å². The van der Waals surface area contributed by atoms with Gasteiger partial charge in [0.15, 0.2) is 6.61 Å². The van der Waals surface area contributed by atoms with Crippen LogP contribution in [0.2, 0.25) is 0 Å². The molecule has 36 heavy (non-hydrogen) atoms. The van der Waals surface area contributed by atoms with E-state index in [1.807, 2.05) is 51.1 Å². The number of hydrogen-bond donors (Lipinski definition) is 3. The number of nitrogens with zero attached hydrogens (tertiary/aromatic N) is 1. The van der Waals surface area contributed by atoms with E-state index in [0.29, 0.717) is 17.0 Å². The molecule has 8 heteroatoms. The monoisotopic (exact) mass is 486 g/mol. The van der Waals surface area contributed by atoms with Crippen LogP contribution in [0, 0.1) is 12.8 Å². The van der Waals surface area contributed by atoms with Gasteiger partial charge in [0.05, 0.1) is 6.21 Å². The molecule has 0 spiro atoms. The Labute approximate surface area is 210 Å². The van der Waals surface area contributed by atoms with Crippen molar-refractivity contribution in [1.82, 2.24) is 10.7 Å². The fourth-order valence-electron chi connectivity index (χ4n) is 3.22. The normalized spacial score (nSPS) is 11.7.